The molecule has 1 N–H and O–H groups in total. The minimum atomic E-state index is 0.0126. The molecule has 0 radical (unpaired) electrons. The Balaban J connectivity index is 1.90. The van der Waals surface area contributed by atoms with Gasteiger partial charge in [-0.25, -0.2) is 0 Å². The van der Waals surface area contributed by atoms with Gasteiger partial charge in [0, 0.05) is 24.2 Å². The van der Waals surface area contributed by atoms with Crippen LogP contribution in [0.4, 0.5) is 0 Å². The number of halogens is 1. The average molecular weight is 270 g/mol. The van der Waals surface area contributed by atoms with Gasteiger partial charge >= 0.3 is 0 Å². The summed E-state index contributed by atoms with van der Waals surface area (Å²) < 4.78 is 2.15. The molecule has 0 aromatic carbocycles. The van der Waals surface area contributed by atoms with Crippen molar-refractivity contribution in [2.75, 3.05) is 5.88 Å². The molecule has 0 spiro atoms. The quantitative estimate of drug-likeness (QED) is 0.801. The Labute approximate surface area is 115 Å². The lowest BCUT2D eigenvalue weighted by Gasteiger charge is -2.26. The van der Waals surface area contributed by atoms with Crippen LogP contribution >= 0.6 is 11.6 Å². The fraction of sp³-hybridized carbons (Fsp3) is 0.786. The third-order valence-corrected chi connectivity index (χ3v) is 4.72. The predicted molar refractivity (Wildman–Crippen MR) is 76.0 cm³/mol. The van der Waals surface area contributed by atoms with E-state index in [2.05, 4.69) is 41.2 Å². The second-order valence-corrected chi connectivity index (χ2v) is 5.89. The van der Waals surface area contributed by atoms with Gasteiger partial charge in [0.2, 0.25) is 0 Å². The van der Waals surface area contributed by atoms with Gasteiger partial charge in [-0.3, -0.25) is 4.68 Å². The summed E-state index contributed by atoms with van der Waals surface area (Å²) >= 11 is 6.00. The summed E-state index contributed by atoms with van der Waals surface area (Å²) in [6.07, 6.45) is 8.40. The first-order chi connectivity index (χ1) is 8.67. The molecule has 0 saturated heterocycles. The summed E-state index contributed by atoms with van der Waals surface area (Å²) in [7, 11) is 0. The number of alkyl halides is 1. The summed E-state index contributed by atoms with van der Waals surface area (Å²) in [4.78, 5) is 0. The Hall–Kier alpha value is -0.540. The highest BCUT2D eigenvalue weighted by Gasteiger charge is 2.21. The van der Waals surface area contributed by atoms with Crippen molar-refractivity contribution in [2.24, 2.45) is 0 Å². The molecule has 1 aromatic rings. The molecule has 1 heterocycles. The van der Waals surface area contributed by atoms with Crippen molar-refractivity contribution in [3.05, 3.63) is 18.0 Å². The molecule has 1 saturated carbocycles. The van der Waals surface area contributed by atoms with E-state index in [1.54, 1.807) is 0 Å². The topological polar surface area (TPSA) is 29.9 Å². The Morgan fingerprint density at radius 1 is 1.50 bits per heavy atom. The molecule has 1 aromatic heterocycles. The monoisotopic (exact) mass is 269 g/mol. The molecule has 0 aliphatic heterocycles. The summed E-state index contributed by atoms with van der Waals surface area (Å²) in [5.41, 5.74) is 1.13. The van der Waals surface area contributed by atoms with Crippen molar-refractivity contribution >= 4 is 11.6 Å². The van der Waals surface area contributed by atoms with Crippen molar-refractivity contribution in [1.82, 2.24) is 15.1 Å². The number of rotatable bonds is 6. The summed E-state index contributed by atoms with van der Waals surface area (Å²) in [6.45, 7) is 5.12. The SMILES string of the molecule is CCC(C)(CCl)NCc1ccn(C2CCCC2)n1. The highest BCUT2D eigenvalue weighted by molar-refractivity contribution is 6.18. The van der Waals surface area contributed by atoms with E-state index in [0.717, 1.165) is 18.7 Å². The summed E-state index contributed by atoms with van der Waals surface area (Å²) in [5, 5.41) is 8.18. The Kier molecular flexibility index (Phi) is 4.68. The molecule has 1 aliphatic rings. The van der Waals surface area contributed by atoms with Gasteiger partial charge in [-0.2, -0.15) is 5.10 Å². The summed E-state index contributed by atoms with van der Waals surface area (Å²) in [6, 6.07) is 2.75. The van der Waals surface area contributed by atoms with Gasteiger partial charge in [0.05, 0.1) is 11.7 Å². The van der Waals surface area contributed by atoms with Crippen LogP contribution < -0.4 is 5.32 Å². The van der Waals surface area contributed by atoms with Crippen molar-refractivity contribution in [3.63, 3.8) is 0 Å². The lowest BCUT2D eigenvalue weighted by molar-refractivity contribution is 0.374. The van der Waals surface area contributed by atoms with Gasteiger partial charge in [0.1, 0.15) is 0 Å². The molecule has 1 aliphatic carbocycles. The first-order valence-electron chi connectivity index (χ1n) is 7.02. The van der Waals surface area contributed by atoms with Crippen LogP contribution in [0.5, 0.6) is 0 Å². The van der Waals surface area contributed by atoms with Crippen LogP contribution in [0.15, 0.2) is 12.3 Å². The van der Waals surface area contributed by atoms with Gasteiger partial charge in [-0.15, -0.1) is 11.6 Å². The number of hydrogen-bond donors (Lipinski definition) is 1. The number of nitrogens with one attached hydrogen (secondary N) is 1. The molecule has 0 amide bonds. The molecular weight excluding hydrogens is 246 g/mol. The van der Waals surface area contributed by atoms with Crippen molar-refractivity contribution < 1.29 is 0 Å². The van der Waals surface area contributed by atoms with Crippen molar-refractivity contribution in [2.45, 2.75) is 64.1 Å². The molecule has 4 heteroatoms. The van der Waals surface area contributed by atoms with Crippen LogP contribution in [0, 0.1) is 0 Å². The molecule has 102 valence electrons. The van der Waals surface area contributed by atoms with Gasteiger partial charge in [0.15, 0.2) is 0 Å². The van der Waals surface area contributed by atoms with Crippen molar-refractivity contribution in [1.29, 1.82) is 0 Å². The lowest BCUT2D eigenvalue weighted by atomic mass is 10.0. The van der Waals surface area contributed by atoms with E-state index in [1.165, 1.54) is 25.7 Å². The van der Waals surface area contributed by atoms with E-state index in [1.807, 2.05) is 0 Å². The molecule has 0 bridgehead atoms. The minimum absolute atomic E-state index is 0.0126. The number of aromatic nitrogens is 2. The third-order valence-electron chi connectivity index (χ3n) is 4.13. The van der Waals surface area contributed by atoms with E-state index in [-0.39, 0.29) is 5.54 Å². The minimum Gasteiger partial charge on any atom is -0.305 e. The fourth-order valence-electron chi connectivity index (χ4n) is 2.41. The molecule has 3 nitrogen and oxygen atoms in total. The maximum Gasteiger partial charge on any atom is 0.0762 e. The van der Waals surface area contributed by atoms with Crippen LogP contribution in [-0.4, -0.2) is 21.2 Å². The van der Waals surface area contributed by atoms with Crippen molar-refractivity contribution in [3.8, 4) is 0 Å². The van der Waals surface area contributed by atoms with Gasteiger partial charge < -0.3 is 5.32 Å². The Morgan fingerprint density at radius 2 is 2.22 bits per heavy atom. The van der Waals surface area contributed by atoms with Gasteiger partial charge in [-0.05, 0) is 32.3 Å². The normalized spacial score (nSPS) is 20.2. The van der Waals surface area contributed by atoms with Crippen LogP contribution in [0.25, 0.3) is 0 Å². The number of nitrogens with zero attached hydrogens (tertiary/aromatic N) is 2. The first kappa shape index (κ1) is 13.9. The van der Waals surface area contributed by atoms with Gasteiger partial charge in [0.25, 0.3) is 0 Å². The average Bonchev–Trinajstić information content (AvgIpc) is 3.06. The molecule has 18 heavy (non-hydrogen) atoms. The zero-order chi connectivity index (χ0) is 13.0. The van der Waals surface area contributed by atoms with E-state index in [9.17, 15) is 0 Å². The highest BCUT2D eigenvalue weighted by atomic mass is 35.5. The highest BCUT2D eigenvalue weighted by Crippen LogP contribution is 2.28. The standard InChI is InChI=1S/C14H24ClN3/c1-3-14(2,11-15)16-10-12-8-9-18(17-12)13-6-4-5-7-13/h8-9,13,16H,3-7,10-11H2,1-2H3. The second kappa shape index (κ2) is 6.07. The zero-order valence-corrected chi connectivity index (χ0v) is 12.2. The van der Waals surface area contributed by atoms with E-state index in [4.69, 9.17) is 11.6 Å². The maximum absolute atomic E-state index is 6.00. The molecular formula is C14H24ClN3. The van der Waals surface area contributed by atoms with Gasteiger partial charge in [-0.1, -0.05) is 19.8 Å². The van der Waals surface area contributed by atoms with Crippen LogP contribution in [0.2, 0.25) is 0 Å². The second-order valence-electron chi connectivity index (χ2n) is 5.63. The van der Waals surface area contributed by atoms with Crippen LogP contribution in [0.3, 0.4) is 0 Å². The van der Waals surface area contributed by atoms with Crippen LogP contribution in [0.1, 0.15) is 57.7 Å². The molecule has 1 unspecified atom stereocenters. The maximum atomic E-state index is 6.00. The molecule has 1 fully saturated rings. The Bertz CT molecular complexity index is 365. The van der Waals surface area contributed by atoms with E-state index < -0.39 is 0 Å². The zero-order valence-electron chi connectivity index (χ0n) is 11.5. The van der Waals surface area contributed by atoms with E-state index >= 15 is 0 Å². The predicted octanol–water partition coefficient (Wildman–Crippen LogP) is 3.50. The summed E-state index contributed by atoms with van der Waals surface area (Å²) in [5.74, 6) is 0.632. The molecule has 1 atom stereocenters. The first-order valence-corrected chi connectivity index (χ1v) is 7.55. The fourth-order valence-corrected chi connectivity index (χ4v) is 2.70. The van der Waals surface area contributed by atoms with E-state index in [0.29, 0.717) is 11.9 Å². The third kappa shape index (κ3) is 3.27. The lowest BCUT2D eigenvalue weighted by Crippen LogP contribution is -2.43. The van der Waals surface area contributed by atoms with Crippen LogP contribution in [-0.2, 0) is 6.54 Å². The number of hydrogen-bond acceptors (Lipinski definition) is 2. The largest absolute Gasteiger partial charge is 0.305 e. The smallest absolute Gasteiger partial charge is 0.0762 e. The Morgan fingerprint density at radius 3 is 2.83 bits per heavy atom. The molecule has 2 rings (SSSR count).